The monoisotopic (exact) mass is 727 g/mol. The van der Waals surface area contributed by atoms with Gasteiger partial charge < -0.3 is 20.3 Å². The first-order valence-electron chi connectivity index (χ1n) is 15.9. The number of nitrogens with one attached hydrogen (secondary N) is 3. The standard InChI is InChI=1S/C31H42ClN5O9S2/c1-5-19-16-31(19,28(40)35-47(42,43)21-14-15-21)34-26(38)23-17-36(48(44,45)24-13-9-8-12-22(24)32)18-37(23)27(39)25(30(2,3)4)33-29(41)46-20-10-6-7-11-20/h5,8-9,12-13,19-21,23,25H,1,6-7,10-11,14-18H2,2-4H3,(H,33,41)(H,34,38)(H,35,40)/t19-,23+,25-,31-/m1/s1. The minimum absolute atomic E-state index is 0.0513. The van der Waals surface area contributed by atoms with Crippen LogP contribution >= 0.6 is 11.6 Å². The number of ether oxygens (including phenoxy) is 1. The third-order valence-electron chi connectivity index (χ3n) is 9.30. The number of benzene rings is 1. The highest BCUT2D eigenvalue weighted by molar-refractivity contribution is 7.91. The number of halogens is 1. The van der Waals surface area contributed by atoms with E-state index in [9.17, 15) is 36.0 Å². The van der Waals surface area contributed by atoms with Crippen LogP contribution in [0.25, 0.3) is 0 Å². The fourth-order valence-electron chi connectivity index (χ4n) is 6.18. The van der Waals surface area contributed by atoms with Crippen LogP contribution in [0.3, 0.4) is 0 Å². The number of hydrogen-bond donors (Lipinski definition) is 3. The fraction of sp³-hybridized carbons (Fsp3) is 0.613. The van der Waals surface area contributed by atoms with Crippen LogP contribution in [0.1, 0.15) is 65.7 Å². The second-order valence-electron chi connectivity index (χ2n) is 14.0. The van der Waals surface area contributed by atoms with Gasteiger partial charge in [-0.1, -0.05) is 50.6 Å². The highest BCUT2D eigenvalue weighted by atomic mass is 35.5. The van der Waals surface area contributed by atoms with Crippen molar-refractivity contribution in [3.8, 4) is 0 Å². The molecule has 1 aliphatic heterocycles. The number of carbonyl (C=O) groups is 4. The Morgan fingerprint density at radius 3 is 2.27 bits per heavy atom. The second kappa shape index (κ2) is 13.2. The number of amides is 4. The summed E-state index contributed by atoms with van der Waals surface area (Å²) in [6.45, 7) is 7.72. The van der Waals surface area contributed by atoms with Crippen LogP contribution in [0.2, 0.25) is 5.02 Å². The molecule has 3 saturated carbocycles. The molecule has 1 saturated heterocycles. The molecule has 0 radical (unpaired) electrons. The number of hydrogen-bond acceptors (Lipinski definition) is 9. The van der Waals surface area contributed by atoms with E-state index in [2.05, 4.69) is 21.9 Å². The van der Waals surface area contributed by atoms with E-state index in [1.807, 2.05) is 0 Å². The summed E-state index contributed by atoms with van der Waals surface area (Å²) < 4.78 is 61.3. The summed E-state index contributed by atoms with van der Waals surface area (Å²) in [6, 6.07) is 3.02. The van der Waals surface area contributed by atoms with Crippen LogP contribution in [0.15, 0.2) is 41.8 Å². The Morgan fingerprint density at radius 2 is 1.71 bits per heavy atom. The molecule has 17 heteroatoms. The minimum Gasteiger partial charge on any atom is -0.446 e. The van der Waals surface area contributed by atoms with Gasteiger partial charge in [0, 0.05) is 12.5 Å². The van der Waals surface area contributed by atoms with Crippen molar-refractivity contribution >= 4 is 55.5 Å². The molecule has 4 atom stereocenters. The Labute approximate surface area is 286 Å². The molecule has 48 heavy (non-hydrogen) atoms. The number of rotatable bonds is 11. The maximum Gasteiger partial charge on any atom is 0.408 e. The first-order valence-corrected chi connectivity index (χ1v) is 19.3. The lowest BCUT2D eigenvalue weighted by molar-refractivity contribution is -0.142. The van der Waals surface area contributed by atoms with E-state index >= 15 is 0 Å². The Kier molecular flexibility index (Phi) is 9.96. The van der Waals surface area contributed by atoms with Crippen molar-refractivity contribution in [2.45, 2.75) is 99.6 Å². The molecule has 14 nitrogen and oxygen atoms in total. The zero-order valence-electron chi connectivity index (χ0n) is 27.1. The minimum atomic E-state index is -4.35. The Bertz CT molecular complexity index is 1700. The van der Waals surface area contributed by atoms with Crippen LogP contribution in [0.4, 0.5) is 4.79 Å². The zero-order valence-corrected chi connectivity index (χ0v) is 29.5. The predicted octanol–water partition coefficient (Wildman–Crippen LogP) is 2.25. The molecule has 1 heterocycles. The lowest BCUT2D eigenvalue weighted by atomic mass is 9.85. The lowest BCUT2D eigenvalue weighted by Crippen LogP contribution is -2.60. The van der Waals surface area contributed by atoms with Crippen molar-refractivity contribution in [1.29, 1.82) is 0 Å². The third kappa shape index (κ3) is 7.36. The predicted molar refractivity (Wildman–Crippen MR) is 175 cm³/mol. The van der Waals surface area contributed by atoms with E-state index in [1.165, 1.54) is 24.3 Å². The zero-order chi connectivity index (χ0) is 35.2. The second-order valence-corrected chi connectivity index (χ2v) is 18.2. The smallest absolute Gasteiger partial charge is 0.408 e. The average Bonchev–Trinajstić information content (AvgIpc) is 3.88. The SMILES string of the molecule is C=C[C@@H]1C[C@]1(NC(=O)[C@@H]1CN(S(=O)(=O)c2ccccc2Cl)CN1C(=O)[C@@H](NC(=O)OC1CCCC1)C(C)(C)C)C(=O)NS(=O)(=O)C1CC1. The van der Waals surface area contributed by atoms with E-state index in [0.717, 1.165) is 22.0 Å². The van der Waals surface area contributed by atoms with E-state index < -0.39 is 91.3 Å². The molecule has 4 fully saturated rings. The normalized spacial score (nSPS) is 25.6. The molecular weight excluding hydrogens is 686 g/mol. The molecule has 3 aliphatic carbocycles. The molecule has 1 aromatic rings. The summed E-state index contributed by atoms with van der Waals surface area (Å²) in [5.41, 5.74) is -2.58. The van der Waals surface area contributed by atoms with Gasteiger partial charge in [0.2, 0.25) is 31.9 Å². The molecular formula is C31H42ClN5O9S2. The Morgan fingerprint density at radius 1 is 1.06 bits per heavy atom. The van der Waals surface area contributed by atoms with Gasteiger partial charge in [-0.25, -0.2) is 21.6 Å². The maximum atomic E-state index is 14.3. The molecule has 4 aliphatic rings. The van der Waals surface area contributed by atoms with Gasteiger partial charge in [-0.15, -0.1) is 6.58 Å². The molecule has 264 valence electrons. The van der Waals surface area contributed by atoms with Gasteiger partial charge >= 0.3 is 6.09 Å². The molecule has 1 aromatic carbocycles. The summed E-state index contributed by atoms with van der Waals surface area (Å²) in [5.74, 6) is -3.19. The molecule has 0 unspecified atom stereocenters. The fourth-order valence-corrected chi connectivity index (χ4v) is 9.42. The van der Waals surface area contributed by atoms with Crippen molar-refractivity contribution in [2.75, 3.05) is 13.2 Å². The van der Waals surface area contributed by atoms with Gasteiger partial charge in [-0.2, -0.15) is 4.31 Å². The van der Waals surface area contributed by atoms with Crippen LogP contribution in [-0.2, 0) is 39.2 Å². The van der Waals surface area contributed by atoms with Crippen LogP contribution in [-0.4, -0.2) is 92.0 Å². The summed E-state index contributed by atoms with van der Waals surface area (Å²) in [6.07, 6.45) is 4.44. The third-order valence-corrected chi connectivity index (χ3v) is 13.4. The van der Waals surface area contributed by atoms with Crippen molar-refractivity contribution in [3.05, 3.63) is 41.9 Å². The average molecular weight is 728 g/mol. The van der Waals surface area contributed by atoms with Gasteiger partial charge in [0.15, 0.2) is 0 Å². The Hall–Kier alpha value is -3.21. The first-order chi connectivity index (χ1) is 22.4. The van der Waals surface area contributed by atoms with Crippen LogP contribution in [0, 0.1) is 11.3 Å². The molecule has 0 aromatic heterocycles. The van der Waals surface area contributed by atoms with E-state index in [0.29, 0.717) is 25.7 Å². The molecule has 5 rings (SSSR count). The Balaban J connectivity index is 1.44. The summed E-state index contributed by atoms with van der Waals surface area (Å²) >= 11 is 6.23. The summed E-state index contributed by atoms with van der Waals surface area (Å²) in [4.78, 5) is 55.5. The largest absolute Gasteiger partial charge is 0.446 e. The van der Waals surface area contributed by atoms with Crippen LogP contribution < -0.4 is 15.4 Å². The highest BCUT2D eigenvalue weighted by Crippen LogP contribution is 2.45. The van der Waals surface area contributed by atoms with Crippen molar-refractivity contribution in [1.82, 2.24) is 24.6 Å². The molecule has 0 spiro atoms. The number of nitrogens with zero attached hydrogens (tertiary/aromatic N) is 2. The molecule has 3 N–H and O–H groups in total. The highest BCUT2D eigenvalue weighted by Gasteiger charge is 2.62. The number of carbonyl (C=O) groups excluding carboxylic acids is 4. The van der Waals surface area contributed by atoms with E-state index in [-0.39, 0.29) is 22.4 Å². The van der Waals surface area contributed by atoms with E-state index in [4.69, 9.17) is 16.3 Å². The van der Waals surface area contributed by atoms with Gasteiger partial charge in [0.25, 0.3) is 5.91 Å². The van der Waals surface area contributed by atoms with E-state index in [1.54, 1.807) is 26.8 Å². The number of sulfonamides is 2. The number of alkyl carbamates (subject to hydrolysis) is 1. The van der Waals surface area contributed by atoms with Crippen LogP contribution in [0.5, 0.6) is 0 Å². The van der Waals surface area contributed by atoms with Gasteiger partial charge in [-0.3, -0.25) is 19.1 Å². The quantitative estimate of drug-likeness (QED) is 0.287. The summed E-state index contributed by atoms with van der Waals surface area (Å²) in [5, 5.41) is 4.51. The van der Waals surface area contributed by atoms with Gasteiger partial charge in [-0.05, 0) is 62.5 Å². The molecule has 4 amide bonds. The van der Waals surface area contributed by atoms with Gasteiger partial charge in [0.1, 0.15) is 28.6 Å². The van der Waals surface area contributed by atoms with Crippen molar-refractivity contribution < 1.29 is 40.8 Å². The lowest BCUT2D eigenvalue weighted by Gasteiger charge is -2.35. The van der Waals surface area contributed by atoms with Gasteiger partial charge in [0.05, 0.1) is 16.9 Å². The van der Waals surface area contributed by atoms with Crippen molar-refractivity contribution in [2.24, 2.45) is 11.3 Å². The topological polar surface area (TPSA) is 188 Å². The molecule has 0 bridgehead atoms. The summed E-state index contributed by atoms with van der Waals surface area (Å²) in [7, 11) is -8.30. The maximum absolute atomic E-state index is 14.3. The van der Waals surface area contributed by atoms with Crippen molar-refractivity contribution in [3.63, 3.8) is 0 Å². The first kappa shape index (κ1) is 36.1.